The fourth-order valence-corrected chi connectivity index (χ4v) is 2.59. The molecule has 1 aromatic carbocycles. The fourth-order valence-electron chi connectivity index (χ4n) is 2.59. The first-order valence-electron chi connectivity index (χ1n) is 8.34. The molecule has 8 heteroatoms. The molecule has 0 saturated heterocycles. The van der Waals surface area contributed by atoms with Crippen molar-refractivity contribution in [2.45, 2.75) is 26.3 Å². The van der Waals surface area contributed by atoms with Crippen LogP contribution in [0.15, 0.2) is 48.8 Å². The average Bonchev–Trinajstić information content (AvgIpc) is 3.05. The highest BCUT2D eigenvalue weighted by molar-refractivity contribution is 5.90. The lowest BCUT2D eigenvalue weighted by atomic mass is 10.0. The van der Waals surface area contributed by atoms with Gasteiger partial charge in [0.05, 0.1) is 0 Å². The van der Waals surface area contributed by atoms with Crippen molar-refractivity contribution in [2.75, 3.05) is 5.32 Å². The number of carbonyl (C=O) groups is 1. The van der Waals surface area contributed by atoms with E-state index in [-0.39, 0.29) is 5.91 Å². The van der Waals surface area contributed by atoms with Crippen molar-refractivity contribution in [2.24, 2.45) is 0 Å². The summed E-state index contributed by atoms with van der Waals surface area (Å²) in [5.74, 6) is -0.237. The van der Waals surface area contributed by atoms with Crippen molar-refractivity contribution in [3.05, 3.63) is 54.6 Å². The summed E-state index contributed by atoms with van der Waals surface area (Å²) in [5, 5.41) is 6.90. The molecule has 1 amide bonds. The molecule has 0 fully saturated rings. The maximum Gasteiger partial charge on any atom is 0.257 e. The zero-order valence-electron chi connectivity index (χ0n) is 14.5. The first-order chi connectivity index (χ1) is 13.0. The summed E-state index contributed by atoms with van der Waals surface area (Å²) in [6.45, 7) is 1.17. The van der Waals surface area contributed by atoms with Crippen LogP contribution in [-0.4, -0.2) is 27.1 Å². The number of nitrogens with one attached hydrogen (secondary N) is 1. The van der Waals surface area contributed by atoms with Crippen LogP contribution >= 0.6 is 0 Å². The Morgan fingerprint density at radius 2 is 1.93 bits per heavy atom. The minimum atomic E-state index is -2.56. The van der Waals surface area contributed by atoms with Gasteiger partial charge in [0.2, 0.25) is 5.91 Å². The van der Waals surface area contributed by atoms with E-state index in [1.807, 2.05) is 0 Å². The quantitative estimate of drug-likeness (QED) is 0.697. The van der Waals surface area contributed by atoms with Crippen LogP contribution in [0.4, 0.5) is 19.0 Å². The average molecular weight is 374 g/mol. The summed E-state index contributed by atoms with van der Waals surface area (Å²) in [6.07, 6.45) is 0.764. The molecule has 0 bridgehead atoms. The van der Waals surface area contributed by atoms with E-state index >= 15 is 0 Å². The van der Waals surface area contributed by atoms with Gasteiger partial charge >= 0.3 is 0 Å². The molecule has 0 atom stereocenters. The molecule has 0 saturated carbocycles. The van der Waals surface area contributed by atoms with Gasteiger partial charge in [-0.1, -0.05) is 6.92 Å². The van der Waals surface area contributed by atoms with Gasteiger partial charge in [0.15, 0.2) is 0 Å². The summed E-state index contributed by atoms with van der Waals surface area (Å²) in [7, 11) is 0. The van der Waals surface area contributed by atoms with Crippen molar-refractivity contribution in [1.82, 2.24) is 14.8 Å². The second-order valence-electron chi connectivity index (χ2n) is 5.84. The van der Waals surface area contributed by atoms with Crippen LogP contribution in [-0.2, 0) is 11.3 Å². The van der Waals surface area contributed by atoms with E-state index in [9.17, 15) is 18.0 Å². The number of benzene rings is 1. The number of rotatable bonds is 6. The molecule has 0 spiro atoms. The Balaban J connectivity index is 2.05. The van der Waals surface area contributed by atoms with E-state index in [1.54, 1.807) is 19.1 Å². The number of hydrogen-bond acceptors (Lipinski definition) is 3. The molecule has 5 nitrogen and oxygen atoms in total. The van der Waals surface area contributed by atoms with Crippen molar-refractivity contribution in [1.29, 1.82) is 0 Å². The number of hydrogen-bond donors (Lipinski definition) is 1. The van der Waals surface area contributed by atoms with E-state index in [4.69, 9.17) is 0 Å². The molecular weight excluding hydrogens is 357 g/mol. The Hall–Kier alpha value is -3.16. The standard InChI is InChI=1S/C19H17F3N4O/c1-2-18(27)24-17-9-13(7-8-23-17)15-10-26(11-16(21)22)25-19(15)12-3-5-14(20)6-4-12/h3-10,16H,2,11H2,1H3,(H,23,24,27). The fraction of sp³-hybridized carbons (Fsp3) is 0.211. The first kappa shape index (κ1) is 18.6. The van der Waals surface area contributed by atoms with E-state index in [2.05, 4.69) is 15.4 Å². The monoisotopic (exact) mass is 374 g/mol. The van der Waals surface area contributed by atoms with Crippen molar-refractivity contribution in [3.8, 4) is 22.4 Å². The summed E-state index contributed by atoms with van der Waals surface area (Å²) in [5.41, 5.74) is 2.26. The summed E-state index contributed by atoms with van der Waals surface area (Å²) in [4.78, 5) is 15.7. The Kier molecular flexibility index (Phi) is 5.54. The molecule has 3 rings (SSSR count). The zero-order valence-corrected chi connectivity index (χ0v) is 14.5. The van der Waals surface area contributed by atoms with Crippen LogP contribution in [0.5, 0.6) is 0 Å². The number of pyridine rings is 1. The van der Waals surface area contributed by atoms with Crippen LogP contribution in [0, 0.1) is 5.82 Å². The number of aromatic nitrogens is 3. The Morgan fingerprint density at radius 3 is 2.59 bits per heavy atom. The van der Waals surface area contributed by atoms with Gasteiger partial charge in [0.25, 0.3) is 6.43 Å². The van der Waals surface area contributed by atoms with Crippen molar-refractivity contribution >= 4 is 11.7 Å². The predicted molar refractivity (Wildman–Crippen MR) is 95.8 cm³/mol. The predicted octanol–water partition coefficient (Wildman–Crippen LogP) is 4.36. The lowest BCUT2D eigenvalue weighted by Crippen LogP contribution is -2.10. The number of carbonyl (C=O) groups excluding carboxylic acids is 1. The number of halogens is 3. The number of anilines is 1. The summed E-state index contributed by atoms with van der Waals surface area (Å²) >= 11 is 0. The molecule has 27 heavy (non-hydrogen) atoms. The number of nitrogens with zero attached hydrogens (tertiary/aromatic N) is 3. The van der Waals surface area contributed by atoms with Gasteiger partial charge in [-0.15, -0.1) is 0 Å². The van der Waals surface area contributed by atoms with Gasteiger partial charge in [0, 0.05) is 29.9 Å². The number of amides is 1. The molecule has 1 N–H and O–H groups in total. The van der Waals surface area contributed by atoms with E-state index in [1.165, 1.54) is 36.7 Å². The third-order valence-electron chi connectivity index (χ3n) is 3.86. The molecule has 0 aliphatic carbocycles. The van der Waals surface area contributed by atoms with E-state index < -0.39 is 18.8 Å². The molecule has 0 aliphatic rings. The van der Waals surface area contributed by atoms with Crippen LogP contribution < -0.4 is 5.32 Å². The number of alkyl halides is 2. The van der Waals surface area contributed by atoms with Crippen LogP contribution in [0.25, 0.3) is 22.4 Å². The van der Waals surface area contributed by atoms with E-state index in [0.717, 1.165) is 4.68 Å². The van der Waals surface area contributed by atoms with Crippen LogP contribution in [0.3, 0.4) is 0 Å². The molecule has 0 radical (unpaired) electrons. The molecule has 0 unspecified atom stereocenters. The zero-order chi connectivity index (χ0) is 19.4. The smallest absolute Gasteiger partial charge is 0.257 e. The Labute approximate surface area is 153 Å². The lowest BCUT2D eigenvalue weighted by molar-refractivity contribution is -0.115. The highest BCUT2D eigenvalue weighted by atomic mass is 19.3. The van der Waals surface area contributed by atoms with Crippen LogP contribution in [0.1, 0.15) is 13.3 Å². The van der Waals surface area contributed by atoms with Crippen LogP contribution in [0.2, 0.25) is 0 Å². The largest absolute Gasteiger partial charge is 0.311 e. The molecule has 0 aliphatic heterocycles. The second kappa shape index (κ2) is 8.03. The molecule has 2 aromatic heterocycles. The second-order valence-corrected chi connectivity index (χ2v) is 5.84. The normalized spacial score (nSPS) is 11.0. The van der Waals surface area contributed by atoms with Gasteiger partial charge < -0.3 is 5.32 Å². The third-order valence-corrected chi connectivity index (χ3v) is 3.86. The van der Waals surface area contributed by atoms with Crippen molar-refractivity contribution in [3.63, 3.8) is 0 Å². The van der Waals surface area contributed by atoms with Gasteiger partial charge in [-0.3, -0.25) is 9.48 Å². The van der Waals surface area contributed by atoms with Gasteiger partial charge in [-0.2, -0.15) is 5.10 Å². The minimum Gasteiger partial charge on any atom is -0.311 e. The Morgan fingerprint density at radius 1 is 1.19 bits per heavy atom. The van der Waals surface area contributed by atoms with Gasteiger partial charge in [-0.05, 0) is 42.0 Å². The maximum atomic E-state index is 13.2. The van der Waals surface area contributed by atoms with Gasteiger partial charge in [-0.25, -0.2) is 18.2 Å². The third kappa shape index (κ3) is 4.52. The van der Waals surface area contributed by atoms with E-state index in [0.29, 0.717) is 34.6 Å². The Bertz CT molecular complexity index is 938. The molecule has 140 valence electrons. The first-order valence-corrected chi connectivity index (χ1v) is 8.34. The SMILES string of the molecule is CCC(=O)Nc1cc(-c2cn(CC(F)F)nc2-c2ccc(F)cc2)ccn1. The molecule has 3 aromatic rings. The van der Waals surface area contributed by atoms with Gasteiger partial charge in [0.1, 0.15) is 23.9 Å². The summed E-state index contributed by atoms with van der Waals surface area (Å²) < 4.78 is 40.0. The topological polar surface area (TPSA) is 59.8 Å². The molecule has 2 heterocycles. The lowest BCUT2D eigenvalue weighted by Gasteiger charge is -2.06. The summed E-state index contributed by atoms with van der Waals surface area (Å²) in [6, 6.07) is 8.97. The maximum absolute atomic E-state index is 13.2. The minimum absolute atomic E-state index is 0.188. The molecular formula is C19H17F3N4O. The van der Waals surface area contributed by atoms with Crippen molar-refractivity contribution < 1.29 is 18.0 Å². The highest BCUT2D eigenvalue weighted by Gasteiger charge is 2.16. The highest BCUT2D eigenvalue weighted by Crippen LogP contribution is 2.32.